The maximum Gasteiger partial charge on any atom is 0.326 e. The SMILES string of the molecule is CC(CN1CCOCC1)NC(=O)N1CCC(n2c(=O)[nH]c3ccccc32)CC1. The van der Waals surface area contributed by atoms with Gasteiger partial charge < -0.3 is 19.9 Å². The highest BCUT2D eigenvalue weighted by atomic mass is 16.5. The molecule has 0 radical (unpaired) electrons. The Hall–Kier alpha value is -2.32. The number of H-pyrrole nitrogens is 1. The Labute approximate surface area is 164 Å². The number of hydrogen-bond donors (Lipinski definition) is 2. The zero-order valence-electron chi connectivity index (χ0n) is 16.4. The molecule has 1 aromatic carbocycles. The molecular weight excluding hydrogens is 358 g/mol. The van der Waals surface area contributed by atoms with Gasteiger partial charge in [-0.2, -0.15) is 0 Å². The largest absolute Gasteiger partial charge is 0.379 e. The fraction of sp³-hybridized carbons (Fsp3) is 0.600. The molecule has 2 aliphatic rings. The Morgan fingerprint density at radius 1 is 1.21 bits per heavy atom. The molecule has 2 saturated heterocycles. The van der Waals surface area contributed by atoms with E-state index >= 15 is 0 Å². The highest BCUT2D eigenvalue weighted by Gasteiger charge is 2.27. The number of hydrogen-bond acceptors (Lipinski definition) is 4. The monoisotopic (exact) mass is 387 g/mol. The summed E-state index contributed by atoms with van der Waals surface area (Å²) in [7, 11) is 0. The van der Waals surface area contributed by atoms with E-state index in [1.807, 2.05) is 40.7 Å². The molecule has 0 bridgehead atoms. The summed E-state index contributed by atoms with van der Waals surface area (Å²) in [5.74, 6) is 0. The van der Waals surface area contributed by atoms with Gasteiger partial charge >= 0.3 is 11.7 Å². The van der Waals surface area contributed by atoms with Gasteiger partial charge in [0.2, 0.25) is 0 Å². The van der Waals surface area contributed by atoms with Crippen LogP contribution in [0.5, 0.6) is 0 Å². The van der Waals surface area contributed by atoms with Crippen LogP contribution in [-0.2, 0) is 4.74 Å². The van der Waals surface area contributed by atoms with Gasteiger partial charge in [-0.05, 0) is 31.9 Å². The van der Waals surface area contributed by atoms with Gasteiger partial charge in [0.15, 0.2) is 0 Å². The molecular formula is C20H29N5O3. The van der Waals surface area contributed by atoms with E-state index in [1.165, 1.54) is 0 Å². The van der Waals surface area contributed by atoms with E-state index in [0.29, 0.717) is 13.1 Å². The molecule has 28 heavy (non-hydrogen) atoms. The minimum Gasteiger partial charge on any atom is -0.379 e. The van der Waals surface area contributed by atoms with Crippen molar-refractivity contribution in [2.24, 2.45) is 0 Å². The normalized spacial score (nSPS) is 20.4. The van der Waals surface area contributed by atoms with E-state index in [9.17, 15) is 9.59 Å². The van der Waals surface area contributed by atoms with Gasteiger partial charge in [-0.25, -0.2) is 9.59 Å². The first-order valence-electron chi connectivity index (χ1n) is 10.2. The fourth-order valence-electron chi connectivity index (χ4n) is 4.28. The molecule has 152 valence electrons. The lowest BCUT2D eigenvalue weighted by atomic mass is 10.0. The van der Waals surface area contributed by atoms with Gasteiger partial charge in [0, 0.05) is 44.8 Å². The van der Waals surface area contributed by atoms with Crippen molar-refractivity contribution in [1.82, 2.24) is 24.7 Å². The second-order valence-corrected chi connectivity index (χ2v) is 7.80. The quantitative estimate of drug-likeness (QED) is 0.831. The van der Waals surface area contributed by atoms with Crippen LogP contribution in [0.15, 0.2) is 29.1 Å². The highest BCUT2D eigenvalue weighted by Crippen LogP contribution is 2.24. The third-order valence-corrected chi connectivity index (χ3v) is 5.75. The van der Waals surface area contributed by atoms with Crippen LogP contribution in [0.4, 0.5) is 4.79 Å². The first-order chi connectivity index (χ1) is 13.6. The van der Waals surface area contributed by atoms with Gasteiger partial charge in [-0.3, -0.25) is 9.47 Å². The molecule has 2 amide bonds. The first kappa shape index (κ1) is 19.0. The lowest BCUT2D eigenvalue weighted by Crippen LogP contribution is -2.51. The summed E-state index contributed by atoms with van der Waals surface area (Å²) >= 11 is 0. The minimum absolute atomic E-state index is 0.00881. The van der Waals surface area contributed by atoms with E-state index < -0.39 is 0 Å². The van der Waals surface area contributed by atoms with Crippen LogP contribution < -0.4 is 11.0 Å². The number of fused-ring (bicyclic) bond motifs is 1. The predicted octanol–water partition coefficient (Wildman–Crippen LogP) is 1.40. The Balaban J connectivity index is 1.31. The molecule has 1 unspecified atom stereocenters. The standard InChI is InChI=1S/C20H29N5O3/c1-15(14-23-10-12-28-13-11-23)21-19(26)24-8-6-16(7-9-24)25-18-5-3-2-4-17(18)22-20(25)27/h2-5,15-16H,6-14H2,1H3,(H,21,26)(H,22,27). The zero-order chi connectivity index (χ0) is 19.5. The van der Waals surface area contributed by atoms with Crippen molar-refractivity contribution >= 4 is 17.1 Å². The van der Waals surface area contributed by atoms with E-state index in [4.69, 9.17) is 4.74 Å². The number of nitrogens with zero attached hydrogens (tertiary/aromatic N) is 3. The average Bonchev–Trinajstić information content (AvgIpc) is 3.04. The zero-order valence-corrected chi connectivity index (χ0v) is 16.4. The Bertz CT molecular complexity index is 862. The van der Waals surface area contributed by atoms with E-state index in [2.05, 4.69) is 15.2 Å². The van der Waals surface area contributed by atoms with Crippen molar-refractivity contribution in [2.75, 3.05) is 45.9 Å². The number of rotatable bonds is 4. The molecule has 8 nitrogen and oxygen atoms in total. The predicted molar refractivity (Wildman–Crippen MR) is 108 cm³/mol. The van der Waals surface area contributed by atoms with E-state index in [-0.39, 0.29) is 23.8 Å². The van der Waals surface area contributed by atoms with Crippen LogP contribution in [0.2, 0.25) is 0 Å². The number of carbonyl (C=O) groups is 1. The third-order valence-electron chi connectivity index (χ3n) is 5.75. The van der Waals surface area contributed by atoms with Crippen molar-refractivity contribution in [2.45, 2.75) is 31.8 Å². The molecule has 8 heteroatoms. The summed E-state index contributed by atoms with van der Waals surface area (Å²) in [5.41, 5.74) is 1.74. The number of carbonyl (C=O) groups excluding carboxylic acids is 1. The number of aromatic nitrogens is 2. The van der Waals surface area contributed by atoms with Crippen LogP contribution in [0.25, 0.3) is 11.0 Å². The molecule has 3 heterocycles. The number of para-hydroxylation sites is 2. The van der Waals surface area contributed by atoms with Crippen molar-refractivity contribution in [1.29, 1.82) is 0 Å². The molecule has 2 N–H and O–H groups in total. The van der Waals surface area contributed by atoms with Crippen LogP contribution in [-0.4, -0.2) is 77.4 Å². The van der Waals surface area contributed by atoms with Crippen LogP contribution >= 0.6 is 0 Å². The van der Waals surface area contributed by atoms with E-state index in [1.54, 1.807) is 0 Å². The summed E-state index contributed by atoms with van der Waals surface area (Å²) in [5, 5.41) is 3.12. The molecule has 1 aromatic heterocycles. The minimum atomic E-state index is -0.0664. The number of urea groups is 1. The van der Waals surface area contributed by atoms with Crippen molar-refractivity contribution in [3.63, 3.8) is 0 Å². The summed E-state index contributed by atoms with van der Waals surface area (Å²) in [4.78, 5) is 32.1. The van der Waals surface area contributed by atoms with Crippen LogP contribution in [0.3, 0.4) is 0 Å². The molecule has 2 aliphatic heterocycles. The Morgan fingerprint density at radius 2 is 1.93 bits per heavy atom. The number of ether oxygens (including phenoxy) is 1. The Kier molecular flexibility index (Phi) is 5.68. The maximum absolute atomic E-state index is 12.6. The second-order valence-electron chi connectivity index (χ2n) is 7.80. The number of aromatic amines is 1. The molecule has 0 saturated carbocycles. The summed E-state index contributed by atoms with van der Waals surface area (Å²) < 4.78 is 7.22. The lowest BCUT2D eigenvalue weighted by Gasteiger charge is -2.34. The summed E-state index contributed by atoms with van der Waals surface area (Å²) in [6.45, 7) is 7.58. The van der Waals surface area contributed by atoms with Gasteiger partial charge in [0.05, 0.1) is 24.2 Å². The number of amides is 2. The van der Waals surface area contributed by atoms with E-state index in [0.717, 1.165) is 56.7 Å². The van der Waals surface area contributed by atoms with Crippen molar-refractivity contribution in [3.05, 3.63) is 34.7 Å². The molecule has 1 atom stereocenters. The van der Waals surface area contributed by atoms with Crippen molar-refractivity contribution < 1.29 is 9.53 Å². The van der Waals surface area contributed by atoms with Gasteiger partial charge in [-0.1, -0.05) is 12.1 Å². The molecule has 0 spiro atoms. The third kappa shape index (κ3) is 4.07. The van der Waals surface area contributed by atoms with Gasteiger partial charge in [-0.15, -0.1) is 0 Å². The Morgan fingerprint density at radius 3 is 2.68 bits per heavy atom. The van der Waals surface area contributed by atoms with Gasteiger partial charge in [0.25, 0.3) is 0 Å². The highest BCUT2D eigenvalue weighted by molar-refractivity contribution is 5.75. The maximum atomic E-state index is 12.6. The molecule has 2 aromatic rings. The summed E-state index contributed by atoms with van der Waals surface area (Å²) in [6, 6.07) is 7.98. The van der Waals surface area contributed by atoms with Gasteiger partial charge in [0.1, 0.15) is 0 Å². The van der Waals surface area contributed by atoms with Crippen LogP contribution in [0, 0.1) is 0 Å². The number of imidazole rings is 1. The van der Waals surface area contributed by atoms with Crippen LogP contribution in [0.1, 0.15) is 25.8 Å². The number of benzene rings is 1. The average molecular weight is 387 g/mol. The fourth-order valence-corrected chi connectivity index (χ4v) is 4.28. The smallest absolute Gasteiger partial charge is 0.326 e. The number of likely N-dealkylation sites (tertiary alicyclic amines) is 1. The number of piperidine rings is 1. The molecule has 0 aliphatic carbocycles. The molecule has 4 rings (SSSR count). The lowest BCUT2D eigenvalue weighted by molar-refractivity contribution is 0.0345. The van der Waals surface area contributed by atoms with Crippen molar-refractivity contribution in [3.8, 4) is 0 Å². The topological polar surface area (TPSA) is 82.6 Å². The number of nitrogens with one attached hydrogen (secondary N) is 2. The summed E-state index contributed by atoms with van der Waals surface area (Å²) in [6.07, 6.45) is 1.57. The first-order valence-corrected chi connectivity index (χ1v) is 10.2. The molecule has 2 fully saturated rings. The second kappa shape index (κ2) is 8.36. The number of morpholine rings is 1.